The lowest BCUT2D eigenvalue weighted by Crippen LogP contribution is -2.37. The van der Waals surface area contributed by atoms with Gasteiger partial charge in [0.1, 0.15) is 11.5 Å². The van der Waals surface area contributed by atoms with Gasteiger partial charge in [0.15, 0.2) is 0 Å². The van der Waals surface area contributed by atoms with Gasteiger partial charge in [-0.2, -0.15) is 26.3 Å². The molecule has 0 atom stereocenters. The second-order valence-electron chi connectivity index (χ2n) is 5.02. The fraction of sp³-hybridized carbons (Fsp3) is 0.467. The minimum Gasteiger partial charge on any atom is -0.496 e. The lowest BCUT2D eigenvalue weighted by molar-refractivity contribution is -0.189. The molecular formula is C15H15F6NO4. The first kappa shape index (κ1) is 21.6. The number of halogens is 6. The van der Waals surface area contributed by atoms with Crippen LogP contribution in [0, 0.1) is 0 Å². The number of carbonyl (C=O) groups excluding carboxylic acids is 2. The second kappa shape index (κ2) is 8.28. The molecule has 0 aliphatic rings. The first-order valence-corrected chi connectivity index (χ1v) is 7.24. The Morgan fingerprint density at radius 1 is 1.00 bits per heavy atom. The Morgan fingerprint density at radius 3 is 2.04 bits per heavy atom. The van der Waals surface area contributed by atoms with E-state index in [9.17, 15) is 35.9 Å². The number of methoxy groups -OCH3 is 1. The molecule has 0 aromatic heterocycles. The van der Waals surface area contributed by atoms with Gasteiger partial charge in [-0.25, -0.2) is 4.79 Å². The fourth-order valence-corrected chi connectivity index (χ4v) is 1.97. The first-order valence-electron chi connectivity index (χ1n) is 7.24. The van der Waals surface area contributed by atoms with Crippen molar-refractivity contribution in [3.63, 3.8) is 0 Å². The third-order valence-electron chi connectivity index (χ3n) is 3.22. The number of hydrogen-bond acceptors (Lipinski definition) is 4. The summed E-state index contributed by atoms with van der Waals surface area (Å²) in [7, 11) is 1.26. The standard InChI is InChI=1S/C15H15F6NO4/c1-3-8-6-10(25-2)9(4-5-22-12(23)14(16,17)18)7-11(8)26-13(24)15(19,20)21/h6-7H,3-5H2,1-2H3,(H,22,23). The van der Waals surface area contributed by atoms with Gasteiger partial charge in [0, 0.05) is 6.54 Å². The topological polar surface area (TPSA) is 64.6 Å². The number of carbonyl (C=O) groups is 2. The van der Waals surface area contributed by atoms with E-state index in [1.54, 1.807) is 12.2 Å². The van der Waals surface area contributed by atoms with Crippen LogP contribution < -0.4 is 14.8 Å². The summed E-state index contributed by atoms with van der Waals surface area (Å²) in [5.41, 5.74) is 0.402. The molecule has 0 heterocycles. The quantitative estimate of drug-likeness (QED) is 0.463. The van der Waals surface area contributed by atoms with E-state index in [0.29, 0.717) is 0 Å². The van der Waals surface area contributed by atoms with E-state index in [-0.39, 0.29) is 35.5 Å². The predicted octanol–water partition coefficient (Wildman–Crippen LogP) is 2.95. The normalized spacial score (nSPS) is 11.8. The summed E-state index contributed by atoms with van der Waals surface area (Å²) in [5, 5.41) is 1.63. The smallest absolute Gasteiger partial charge is 0.491 e. The van der Waals surface area contributed by atoms with E-state index in [1.165, 1.54) is 13.2 Å². The summed E-state index contributed by atoms with van der Waals surface area (Å²) in [6.45, 7) is 1.15. The van der Waals surface area contributed by atoms with Crippen LogP contribution in [0.2, 0.25) is 0 Å². The number of amides is 1. The minimum absolute atomic E-state index is 0.164. The molecular weight excluding hydrogens is 372 g/mol. The maximum Gasteiger partial charge on any atom is 0.491 e. The van der Waals surface area contributed by atoms with Gasteiger partial charge < -0.3 is 14.8 Å². The Kier molecular flexibility index (Phi) is 6.87. The fourth-order valence-electron chi connectivity index (χ4n) is 1.97. The number of aryl methyl sites for hydroxylation is 1. The second-order valence-corrected chi connectivity index (χ2v) is 5.02. The average molecular weight is 387 g/mol. The highest BCUT2D eigenvalue weighted by Gasteiger charge is 2.42. The van der Waals surface area contributed by atoms with Crippen LogP contribution in [-0.2, 0) is 22.4 Å². The van der Waals surface area contributed by atoms with Gasteiger partial charge in [-0.05, 0) is 36.1 Å². The van der Waals surface area contributed by atoms with E-state index in [0.717, 1.165) is 6.07 Å². The lowest BCUT2D eigenvalue weighted by atomic mass is 10.0. The van der Waals surface area contributed by atoms with E-state index in [4.69, 9.17) is 4.74 Å². The molecule has 146 valence electrons. The largest absolute Gasteiger partial charge is 0.496 e. The first-order chi connectivity index (χ1) is 11.9. The van der Waals surface area contributed by atoms with Gasteiger partial charge >= 0.3 is 24.2 Å². The molecule has 0 saturated heterocycles. The summed E-state index contributed by atoms with van der Waals surface area (Å²) < 4.78 is 82.9. The van der Waals surface area contributed by atoms with Crippen LogP contribution in [0.25, 0.3) is 0 Å². The molecule has 0 fully saturated rings. The number of hydrogen-bond donors (Lipinski definition) is 1. The SMILES string of the molecule is CCc1cc(OC)c(CCNC(=O)C(F)(F)F)cc1OC(=O)C(F)(F)F. The van der Waals surface area contributed by atoms with E-state index in [2.05, 4.69) is 4.74 Å². The van der Waals surface area contributed by atoms with Gasteiger partial charge in [-0.15, -0.1) is 0 Å². The van der Waals surface area contributed by atoms with Crippen molar-refractivity contribution < 1.29 is 45.4 Å². The highest BCUT2D eigenvalue weighted by Crippen LogP contribution is 2.31. The summed E-state index contributed by atoms with van der Waals surface area (Å²) in [5.74, 6) is -4.78. The number of alkyl halides is 6. The average Bonchev–Trinajstić information content (AvgIpc) is 2.53. The zero-order valence-corrected chi connectivity index (χ0v) is 13.7. The van der Waals surface area contributed by atoms with Crippen LogP contribution in [0.4, 0.5) is 26.3 Å². The lowest BCUT2D eigenvalue weighted by Gasteiger charge is -2.16. The van der Waals surface area contributed by atoms with Crippen LogP contribution in [-0.4, -0.2) is 37.9 Å². The summed E-state index contributed by atoms with van der Waals surface area (Å²) in [6.07, 6.45) is -10.2. The summed E-state index contributed by atoms with van der Waals surface area (Å²) >= 11 is 0. The maximum absolute atomic E-state index is 12.4. The zero-order chi connectivity index (χ0) is 20.1. The Balaban J connectivity index is 3.02. The van der Waals surface area contributed by atoms with Crippen molar-refractivity contribution >= 4 is 11.9 Å². The number of esters is 1. The Labute approximate surface area is 144 Å². The molecule has 0 unspecified atom stereocenters. The Morgan fingerprint density at radius 2 is 1.58 bits per heavy atom. The van der Waals surface area contributed by atoms with Crippen molar-refractivity contribution in [2.24, 2.45) is 0 Å². The minimum atomic E-state index is -5.20. The number of ether oxygens (including phenoxy) is 2. The van der Waals surface area contributed by atoms with E-state index in [1.807, 2.05) is 0 Å². The molecule has 0 saturated carbocycles. The van der Waals surface area contributed by atoms with Gasteiger partial charge in [0.05, 0.1) is 7.11 Å². The Hall–Kier alpha value is -2.46. The molecule has 26 heavy (non-hydrogen) atoms. The molecule has 0 spiro atoms. The predicted molar refractivity (Wildman–Crippen MR) is 76.8 cm³/mol. The highest BCUT2D eigenvalue weighted by atomic mass is 19.4. The monoisotopic (exact) mass is 387 g/mol. The van der Waals surface area contributed by atoms with Gasteiger partial charge in [-0.1, -0.05) is 6.92 Å². The molecule has 11 heteroatoms. The molecule has 1 aromatic carbocycles. The van der Waals surface area contributed by atoms with Crippen molar-refractivity contribution in [2.75, 3.05) is 13.7 Å². The summed E-state index contributed by atoms with van der Waals surface area (Å²) in [4.78, 5) is 21.8. The Bertz CT molecular complexity index is 669. The molecule has 1 amide bonds. The van der Waals surface area contributed by atoms with Crippen LogP contribution in [0.15, 0.2) is 12.1 Å². The molecule has 1 rings (SSSR count). The number of nitrogens with one attached hydrogen (secondary N) is 1. The molecule has 1 N–H and O–H groups in total. The van der Waals surface area contributed by atoms with Crippen LogP contribution in [0.3, 0.4) is 0 Å². The van der Waals surface area contributed by atoms with Crippen molar-refractivity contribution in [3.8, 4) is 11.5 Å². The van der Waals surface area contributed by atoms with Gasteiger partial charge in [0.25, 0.3) is 0 Å². The molecule has 0 radical (unpaired) electrons. The van der Waals surface area contributed by atoms with Crippen LogP contribution in [0.1, 0.15) is 18.1 Å². The molecule has 0 aliphatic carbocycles. The van der Waals surface area contributed by atoms with Crippen LogP contribution in [0.5, 0.6) is 11.5 Å². The van der Waals surface area contributed by atoms with E-state index < -0.39 is 30.8 Å². The highest BCUT2D eigenvalue weighted by molar-refractivity contribution is 5.81. The van der Waals surface area contributed by atoms with Crippen molar-refractivity contribution in [2.45, 2.75) is 32.1 Å². The molecule has 0 bridgehead atoms. The molecule has 1 aromatic rings. The van der Waals surface area contributed by atoms with Gasteiger partial charge in [0.2, 0.25) is 0 Å². The number of benzene rings is 1. The van der Waals surface area contributed by atoms with Crippen molar-refractivity contribution in [1.29, 1.82) is 0 Å². The third kappa shape index (κ3) is 5.81. The molecule has 0 aliphatic heterocycles. The van der Waals surface area contributed by atoms with Crippen LogP contribution >= 0.6 is 0 Å². The number of rotatable bonds is 6. The zero-order valence-electron chi connectivity index (χ0n) is 13.7. The van der Waals surface area contributed by atoms with Crippen molar-refractivity contribution in [3.05, 3.63) is 23.3 Å². The molecule has 5 nitrogen and oxygen atoms in total. The maximum atomic E-state index is 12.4. The van der Waals surface area contributed by atoms with E-state index >= 15 is 0 Å². The third-order valence-corrected chi connectivity index (χ3v) is 3.22. The van der Waals surface area contributed by atoms with Gasteiger partial charge in [-0.3, -0.25) is 4.79 Å². The summed E-state index contributed by atoms with van der Waals surface area (Å²) in [6, 6.07) is 2.39. The van der Waals surface area contributed by atoms with Crippen molar-refractivity contribution in [1.82, 2.24) is 5.32 Å².